The van der Waals surface area contributed by atoms with Gasteiger partial charge in [-0.25, -0.2) is 9.59 Å². The van der Waals surface area contributed by atoms with Crippen molar-refractivity contribution < 1.29 is 24.5 Å². The summed E-state index contributed by atoms with van der Waals surface area (Å²) in [7, 11) is 0. The van der Waals surface area contributed by atoms with E-state index in [1.807, 2.05) is 0 Å². The van der Waals surface area contributed by atoms with E-state index in [1.54, 1.807) is 0 Å². The average molecular weight is 248 g/mol. The summed E-state index contributed by atoms with van der Waals surface area (Å²) < 4.78 is 5.75. The molecule has 1 saturated heterocycles. The quantitative estimate of drug-likeness (QED) is 0.539. The summed E-state index contributed by atoms with van der Waals surface area (Å²) in [5, 5.41) is 16.2. The Kier molecular flexibility index (Phi) is 5.60. The minimum atomic E-state index is -1.22. The van der Waals surface area contributed by atoms with Gasteiger partial charge in [0.05, 0.1) is 0 Å². The second-order valence-electron chi connectivity index (χ2n) is 3.31. The Bertz CT molecular complexity index is 360. The van der Waals surface area contributed by atoms with E-state index in [0.717, 1.165) is 49.0 Å². The number of benzene rings is 1. The second-order valence-corrected chi connectivity index (χ2v) is 5.11. The molecule has 1 heterocycles. The zero-order valence-corrected chi connectivity index (χ0v) is 11.8. The normalized spacial score (nSPS) is 21.6. The molecule has 2 atom stereocenters. The van der Waals surface area contributed by atoms with Gasteiger partial charge in [-0.05, 0) is 0 Å². The van der Waals surface area contributed by atoms with Gasteiger partial charge in [-0.2, -0.15) is 0 Å². The summed E-state index contributed by atoms with van der Waals surface area (Å²) in [6.07, 6.45) is -2.25. The number of hydrogen-bond acceptors (Lipinski definition) is 3. The summed E-state index contributed by atoms with van der Waals surface area (Å²) in [4.78, 5) is 19.8. The van der Waals surface area contributed by atoms with Crippen LogP contribution in [0.1, 0.15) is 0 Å². The molecule has 2 N–H and O–H groups in total. The van der Waals surface area contributed by atoms with E-state index in [4.69, 9.17) is 10.2 Å². The van der Waals surface area contributed by atoms with Crippen molar-refractivity contribution in [2.24, 2.45) is 0 Å². The summed E-state index contributed by atoms with van der Waals surface area (Å²) in [6, 6.07) is 10.6. The van der Waals surface area contributed by atoms with Crippen LogP contribution in [0.3, 0.4) is 0 Å². The second kappa shape index (κ2) is 6.48. The molecule has 0 spiro atoms. The van der Waals surface area contributed by atoms with E-state index in [1.165, 1.54) is -0.342 Å². The number of hydrogen-bond donors (Lipinski definition) is 2. The number of epoxide rings is 1. The van der Waals surface area contributed by atoms with Gasteiger partial charge in [0.2, 0.25) is 0 Å². The first kappa shape index (κ1) is 13.8. The van der Waals surface area contributed by atoms with Crippen LogP contribution >= 0.6 is 0 Å². The standard InChI is InChI=1S/C6H5.C4H4O5.K/c1-2-4-6-5-3-1;5-3(6)1-2(9-1)4(7)8;/h1-5H;1-2H,(H,5,6)(H,7,8);. The first-order chi connectivity index (χ1) is 7.52. The van der Waals surface area contributed by atoms with Crippen LogP contribution in [0.4, 0.5) is 0 Å². The maximum absolute atomic E-state index is 9.89. The Morgan fingerprint density at radius 1 is 1.06 bits per heavy atom. The molecule has 0 amide bonds. The number of carboxylic acids is 2. The third kappa shape index (κ3) is 4.73. The van der Waals surface area contributed by atoms with Crippen LogP contribution in [0.25, 0.3) is 0 Å². The molecule has 0 radical (unpaired) electrons. The molecule has 0 aliphatic carbocycles. The van der Waals surface area contributed by atoms with Crippen molar-refractivity contribution in [3.8, 4) is 0 Å². The van der Waals surface area contributed by atoms with Gasteiger partial charge in [0.1, 0.15) is 0 Å². The monoisotopic (exact) mass is 248 g/mol. The molecule has 0 bridgehead atoms. The molecule has 80 valence electrons. The molecule has 2 unspecified atom stereocenters. The van der Waals surface area contributed by atoms with Crippen LogP contribution in [-0.2, 0) is 14.3 Å². The molecule has 1 aromatic rings. The molecule has 2 rings (SSSR count). The van der Waals surface area contributed by atoms with Crippen LogP contribution in [0, 0.1) is 0 Å². The van der Waals surface area contributed by atoms with Crippen LogP contribution in [0.15, 0.2) is 30.3 Å². The summed E-state index contributed by atoms with van der Waals surface area (Å²) >= 11 is 0.855. The molecule has 1 aliphatic heterocycles. The zero-order chi connectivity index (χ0) is 12.1. The number of carbonyl (C=O) groups is 2. The molecule has 5 nitrogen and oxygen atoms in total. The number of carboxylic acid groups (broad SMARTS) is 2. The van der Waals surface area contributed by atoms with E-state index in [-0.39, 0.29) is 0 Å². The average Bonchev–Trinajstić information content (AvgIpc) is 2.99. The third-order valence-electron chi connectivity index (χ3n) is 1.92. The van der Waals surface area contributed by atoms with Crippen molar-refractivity contribution in [1.29, 1.82) is 0 Å². The molecule has 16 heavy (non-hydrogen) atoms. The van der Waals surface area contributed by atoms with Crippen molar-refractivity contribution in [2.45, 2.75) is 12.2 Å². The van der Waals surface area contributed by atoms with Gasteiger partial charge in [0.25, 0.3) is 0 Å². The SMILES string of the molecule is O=C(O)C1OC1C(=O)O.[K][c]1ccccc1. The fraction of sp³-hybridized carbons (Fsp3) is 0.200. The van der Waals surface area contributed by atoms with E-state index < -0.39 is 24.1 Å². The van der Waals surface area contributed by atoms with Gasteiger partial charge in [-0.15, -0.1) is 0 Å². The molecular formula is C10H9KO5. The summed E-state index contributed by atoms with van der Waals surface area (Å²) in [5.41, 5.74) is 0. The Hall–Kier alpha value is -0.244. The minimum absolute atomic E-state index is 0.855. The molecule has 0 aromatic heterocycles. The summed E-state index contributed by atoms with van der Waals surface area (Å²) in [6.45, 7) is 0. The van der Waals surface area contributed by atoms with Crippen molar-refractivity contribution in [2.75, 3.05) is 0 Å². The maximum atomic E-state index is 9.89. The third-order valence-corrected chi connectivity index (χ3v) is 2.96. The van der Waals surface area contributed by atoms with Crippen LogP contribution in [0.5, 0.6) is 0 Å². The van der Waals surface area contributed by atoms with Crippen molar-refractivity contribution in [3.05, 3.63) is 30.3 Å². The Labute approximate surface area is 126 Å². The van der Waals surface area contributed by atoms with Gasteiger partial charge >= 0.3 is 90.9 Å². The molecule has 0 saturated carbocycles. The first-order valence-electron chi connectivity index (χ1n) is 4.65. The van der Waals surface area contributed by atoms with Crippen LogP contribution in [-0.4, -0.2) is 83.3 Å². The van der Waals surface area contributed by atoms with E-state index in [9.17, 15) is 9.59 Å². The molecule has 1 fully saturated rings. The van der Waals surface area contributed by atoms with E-state index in [0.29, 0.717) is 0 Å². The molecule has 1 aromatic carbocycles. The Morgan fingerprint density at radius 3 is 1.69 bits per heavy atom. The topological polar surface area (TPSA) is 87.1 Å². The van der Waals surface area contributed by atoms with Gasteiger partial charge in [0.15, 0.2) is 12.2 Å². The first-order valence-corrected chi connectivity index (χ1v) is 6.21. The zero-order valence-electron chi connectivity index (χ0n) is 8.66. The predicted octanol–water partition coefficient (Wildman–Crippen LogP) is -0.597. The Balaban J connectivity index is 0.000000165. The molecular weight excluding hydrogens is 239 g/mol. The van der Waals surface area contributed by atoms with E-state index >= 15 is 0 Å². The Morgan fingerprint density at radius 2 is 1.50 bits per heavy atom. The molecule has 1 aliphatic rings. The van der Waals surface area contributed by atoms with Gasteiger partial charge < -0.3 is 14.9 Å². The van der Waals surface area contributed by atoms with E-state index in [2.05, 4.69) is 35.1 Å². The predicted molar refractivity (Wildman–Crippen MR) is 55.8 cm³/mol. The fourth-order valence-electron chi connectivity index (χ4n) is 1.02. The number of ether oxygens (including phenoxy) is 1. The fourth-order valence-corrected chi connectivity index (χ4v) is 1.62. The van der Waals surface area contributed by atoms with Crippen LogP contribution < -0.4 is -0.342 Å². The molecule has 6 heteroatoms. The number of rotatable bonds is 2. The van der Waals surface area contributed by atoms with Crippen molar-refractivity contribution in [1.82, 2.24) is 0 Å². The van der Waals surface area contributed by atoms with Crippen molar-refractivity contribution >= 4 is 60.6 Å². The number of aliphatic carboxylic acids is 2. The van der Waals surface area contributed by atoms with Crippen LogP contribution in [0.2, 0.25) is 0 Å². The summed E-state index contributed by atoms with van der Waals surface area (Å²) in [5.74, 6) is -2.44. The van der Waals surface area contributed by atoms with Gasteiger partial charge in [-0.1, -0.05) is 0 Å². The van der Waals surface area contributed by atoms with Crippen molar-refractivity contribution in [3.63, 3.8) is 0 Å². The van der Waals surface area contributed by atoms with Gasteiger partial charge in [-0.3, -0.25) is 0 Å². The van der Waals surface area contributed by atoms with Gasteiger partial charge in [0, 0.05) is 0 Å².